The first kappa shape index (κ1) is 48.0. The van der Waals surface area contributed by atoms with Crippen molar-refractivity contribution >= 4 is 5.91 Å². The van der Waals surface area contributed by atoms with Gasteiger partial charge in [-0.2, -0.15) is 0 Å². The third-order valence-electron chi connectivity index (χ3n) is 10.2. The Morgan fingerprint density at radius 3 is 1.24 bits per heavy atom. The van der Waals surface area contributed by atoms with Gasteiger partial charge in [-0.25, -0.2) is 0 Å². The molecule has 292 valence electrons. The van der Waals surface area contributed by atoms with Crippen LogP contribution in [0.3, 0.4) is 0 Å². The number of aliphatic hydroxyl groups is 4. The van der Waals surface area contributed by atoms with Gasteiger partial charge in [-0.15, -0.1) is 0 Å². The van der Waals surface area contributed by atoms with Crippen LogP contribution in [0.15, 0.2) is 12.2 Å². The summed E-state index contributed by atoms with van der Waals surface area (Å²) < 4.78 is 0. The standard InChI is InChI=1S/C43H85NO5/c1-3-5-7-9-11-13-14-15-16-17-18-19-20-21-22-23-24-25-26-27-29-30-32-34-36-40(46)42(48)39(38-45)44-43(49)41(47)37-35-33-31-28-12-10-8-6-4-2/h10,12,39-42,45-48H,3-9,11,13-38H2,1-2H3,(H,44,49)/b12-10-. The van der Waals surface area contributed by atoms with E-state index in [1.165, 1.54) is 148 Å². The molecule has 6 nitrogen and oxygen atoms in total. The number of allylic oxidation sites excluding steroid dienone is 2. The van der Waals surface area contributed by atoms with Crippen LogP contribution in [0.5, 0.6) is 0 Å². The summed E-state index contributed by atoms with van der Waals surface area (Å²) in [6.07, 6.45) is 41.2. The molecule has 0 aromatic carbocycles. The summed E-state index contributed by atoms with van der Waals surface area (Å²) in [6.45, 7) is 3.99. The summed E-state index contributed by atoms with van der Waals surface area (Å²) in [5.74, 6) is -0.598. The molecule has 0 heterocycles. The van der Waals surface area contributed by atoms with Crippen LogP contribution in [-0.4, -0.2) is 57.3 Å². The Labute approximate surface area is 304 Å². The number of aliphatic hydroxyl groups excluding tert-OH is 4. The van der Waals surface area contributed by atoms with Crippen molar-refractivity contribution in [2.45, 2.75) is 250 Å². The fourth-order valence-corrected chi connectivity index (χ4v) is 6.74. The SMILES string of the molecule is CCCC/C=C\CCCCCC(O)C(=O)NC(CO)C(O)C(O)CCCCCCCCCCCCCCCCCCCCCCCCCC. The molecule has 0 bridgehead atoms. The molecule has 0 radical (unpaired) electrons. The van der Waals surface area contributed by atoms with Crippen molar-refractivity contribution in [2.75, 3.05) is 6.61 Å². The average Bonchev–Trinajstić information content (AvgIpc) is 3.11. The maximum atomic E-state index is 12.4. The van der Waals surface area contributed by atoms with Crippen LogP contribution >= 0.6 is 0 Å². The number of hydrogen-bond donors (Lipinski definition) is 5. The summed E-state index contributed by atoms with van der Waals surface area (Å²) in [6, 6.07) is -0.986. The van der Waals surface area contributed by atoms with Gasteiger partial charge in [0.15, 0.2) is 0 Å². The molecule has 1 amide bonds. The zero-order valence-corrected chi connectivity index (χ0v) is 32.7. The van der Waals surface area contributed by atoms with Gasteiger partial charge in [-0.1, -0.05) is 206 Å². The van der Waals surface area contributed by atoms with Crippen molar-refractivity contribution in [2.24, 2.45) is 0 Å². The molecule has 0 rings (SSSR count). The van der Waals surface area contributed by atoms with E-state index in [4.69, 9.17) is 0 Å². The number of rotatable bonds is 39. The summed E-state index contributed by atoms with van der Waals surface area (Å²) in [4.78, 5) is 12.4. The minimum Gasteiger partial charge on any atom is -0.394 e. The van der Waals surface area contributed by atoms with E-state index >= 15 is 0 Å². The normalized spacial score (nSPS) is 14.3. The van der Waals surface area contributed by atoms with E-state index in [1.807, 2.05) is 0 Å². The van der Waals surface area contributed by atoms with Crippen molar-refractivity contribution in [1.29, 1.82) is 0 Å². The number of carbonyl (C=O) groups excluding carboxylic acids is 1. The molecule has 49 heavy (non-hydrogen) atoms. The van der Waals surface area contributed by atoms with Crippen LogP contribution in [0.25, 0.3) is 0 Å². The highest BCUT2D eigenvalue weighted by Gasteiger charge is 2.28. The van der Waals surface area contributed by atoms with Gasteiger partial charge in [-0.3, -0.25) is 4.79 Å². The van der Waals surface area contributed by atoms with E-state index < -0.39 is 36.9 Å². The molecule has 0 aliphatic carbocycles. The lowest BCUT2D eigenvalue weighted by Gasteiger charge is -2.27. The first-order valence-electron chi connectivity index (χ1n) is 21.6. The molecule has 0 spiro atoms. The van der Waals surface area contributed by atoms with E-state index in [0.717, 1.165) is 51.4 Å². The molecule has 0 aromatic rings. The van der Waals surface area contributed by atoms with Crippen LogP contribution in [0.1, 0.15) is 226 Å². The molecule has 5 N–H and O–H groups in total. The van der Waals surface area contributed by atoms with Crippen LogP contribution in [0, 0.1) is 0 Å². The fraction of sp³-hybridized carbons (Fsp3) is 0.930. The van der Waals surface area contributed by atoms with Gasteiger partial charge in [0.25, 0.3) is 0 Å². The third kappa shape index (κ3) is 32.7. The third-order valence-corrected chi connectivity index (χ3v) is 10.2. The van der Waals surface area contributed by atoms with E-state index in [2.05, 4.69) is 31.3 Å². The number of hydrogen-bond acceptors (Lipinski definition) is 5. The Morgan fingerprint density at radius 2 is 0.837 bits per heavy atom. The summed E-state index contributed by atoms with van der Waals surface area (Å²) >= 11 is 0. The highest BCUT2D eigenvalue weighted by atomic mass is 16.3. The van der Waals surface area contributed by atoms with E-state index in [1.54, 1.807) is 0 Å². The predicted molar refractivity (Wildman–Crippen MR) is 210 cm³/mol. The minimum atomic E-state index is -1.26. The number of unbranched alkanes of at least 4 members (excludes halogenated alkanes) is 28. The summed E-state index contributed by atoms with van der Waals surface area (Å²) in [5.41, 5.74) is 0. The van der Waals surface area contributed by atoms with Crippen molar-refractivity contribution in [3.8, 4) is 0 Å². The predicted octanol–water partition coefficient (Wildman–Crippen LogP) is 11.0. The quantitative estimate of drug-likeness (QED) is 0.0325. The van der Waals surface area contributed by atoms with E-state index in [-0.39, 0.29) is 0 Å². The van der Waals surface area contributed by atoms with Crippen LogP contribution in [0.4, 0.5) is 0 Å². The van der Waals surface area contributed by atoms with E-state index in [0.29, 0.717) is 12.8 Å². The molecular formula is C43H85NO5. The Morgan fingerprint density at radius 1 is 0.490 bits per heavy atom. The molecule has 6 heteroatoms. The second kappa shape index (κ2) is 38.3. The average molecular weight is 696 g/mol. The number of carbonyl (C=O) groups is 1. The lowest BCUT2D eigenvalue weighted by Crippen LogP contribution is -2.53. The molecule has 0 saturated heterocycles. The van der Waals surface area contributed by atoms with Gasteiger partial charge in [0.1, 0.15) is 12.2 Å². The van der Waals surface area contributed by atoms with Crippen LogP contribution < -0.4 is 5.32 Å². The van der Waals surface area contributed by atoms with Gasteiger partial charge in [-0.05, 0) is 32.1 Å². The first-order valence-corrected chi connectivity index (χ1v) is 21.6. The van der Waals surface area contributed by atoms with Crippen LogP contribution in [-0.2, 0) is 4.79 Å². The Hall–Kier alpha value is -0.950. The molecular weight excluding hydrogens is 610 g/mol. The zero-order chi connectivity index (χ0) is 36.0. The topological polar surface area (TPSA) is 110 Å². The van der Waals surface area contributed by atoms with Gasteiger partial charge >= 0.3 is 0 Å². The van der Waals surface area contributed by atoms with Crippen LogP contribution in [0.2, 0.25) is 0 Å². The first-order chi connectivity index (χ1) is 24.0. The highest BCUT2D eigenvalue weighted by Crippen LogP contribution is 2.17. The Bertz CT molecular complexity index is 702. The van der Waals surface area contributed by atoms with Crippen molar-refractivity contribution in [3.63, 3.8) is 0 Å². The summed E-state index contributed by atoms with van der Waals surface area (Å²) in [5, 5.41) is 43.5. The van der Waals surface area contributed by atoms with Gasteiger partial charge in [0, 0.05) is 0 Å². The Kier molecular flexibility index (Phi) is 37.5. The highest BCUT2D eigenvalue weighted by molar-refractivity contribution is 5.80. The smallest absolute Gasteiger partial charge is 0.249 e. The number of nitrogens with one attached hydrogen (secondary N) is 1. The Balaban J connectivity index is 3.62. The molecule has 0 aromatic heterocycles. The van der Waals surface area contributed by atoms with E-state index in [9.17, 15) is 25.2 Å². The molecule has 0 aliphatic heterocycles. The molecule has 0 fully saturated rings. The van der Waals surface area contributed by atoms with Gasteiger partial charge < -0.3 is 25.7 Å². The molecule has 0 aliphatic rings. The van der Waals surface area contributed by atoms with Crippen molar-refractivity contribution < 1.29 is 25.2 Å². The summed E-state index contributed by atoms with van der Waals surface area (Å²) in [7, 11) is 0. The lowest BCUT2D eigenvalue weighted by molar-refractivity contribution is -0.132. The molecule has 0 saturated carbocycles. The van der Waals surface area contributed by atoms with Crippen molar-refractivity contribution in [3.05, 3.63) is 12.2 Å². The molecule has 4 unspecified atom stereocenters. The number of amides is 1. The van der Waals surface area contributed by atoms with Gasteiger partial charge in [0.2, 0.25) is 5.91 Å². The largest absolute Gasteiger partial charge is 0.394 e. The molecule has 4 atom stereocenters. The second-order valence-corrected chi connectivity index (χ2v) is 15.0. The maximum Gasteiger partial charge on any atom is 0.249 e. The lowest BCUT2D eigenvalue weighted by atomic mass is 9.99. The zero-order valence-electron chi connectivity index (χ0n) is 32.7. The van der Waals surface area contributed by atoms with Gasteiger partial charge in [0.05, 0.1) is 18.8 Å². The second-order valence-electron chi connectivity index (χ2n) is 15.0. The van der Waals surface area contributed by atoms with Crippen molar-refractivity contribution in [1.82, 2.24) is 5.32 Å². The maximum absolute atomic E-state index is 12.4. The fourth-order valence-electron chi connectivity index (χ4n) is 6.74. The minimum absolute atomic E-state index is 0.349. The monoisotopic (exact) mass is 696 g/mol.